The largest absolute Gasteiger partial charge is 0.334 e. The Bertz CT molecular complexity index is 453. The number of carbonyl (C=O) groups excluding carboxylic acids is 1. The zero-order valence-corrected chi connectivity index (χ0v) is 12.9. The molecule has 1 fully saturated rings. The van der Waals surface area contributed by atoms with Crippen molar-refractivity contribution in [1.29, 1.82) is 0 Å². The SMILES string of the molecule is O=C(c1cc(Br)ccc1Cl)N1CCCCC1CCl. The third-order valence-corrected chi connectivity index (χ3v) is 4.40. The Hall–Kier alpha value is -0.250. The molecule has 1 saturated heterocycles. The molecule has 0 spiro atoms. The topological polar surface area (TPSA) is 20.3 Å². The Morgan fingerprint density at radius 2 is 2.22 bits per heavy atom. The molecular weight excluding hydrogens is 337 g/mol. The van der Waals surface area contributed by atoms with Gasteiger partial charge in [-0.1, -0.05) is 27.5 Å². The molecule has 0 aliphatic carbocycles. The second-order valence-corrected chi connectivity index (χ2v) is 6.06. The van der Waals surface area contributed by atoms with E-state index in [1.54, 1.807) is 12.1 Å². The molecule has 1 amide bonds. The van der Waals surface area contributed by atoms with Crippen molar-refractivity contribution >= 4 is 45.0 Å². The van der Waals surface area contributed by atoms with E-state index in [9.17, 15) is 4.79 Å². The highest BCUT2D eigenvalue weighted by Gasteiger charge is 2.27. The Morgan fingerprint density at radius 3 is 2.94 bits per heavy atom. The van der Waals surface area contributed by atoms with Gasteiger partial charge in [0.15, 0.2) is 0 Å². The van der Waals surface area contributed by atoms with Crippen molar-refractivity contribution in [1.82, 2.24) is 4.90 Å². The molecule has 0 N–H and O–H groups in total. The summed E-state index contributed by atoms with van der Waals surface area (Å²) in [7, 11) is 0. The first-order valence-electron chi connectivity index (χ1n) is 5.95. The van der Waals surface area contributed by atoms with Crippen LogP contribution in [0, 0.1) is 0 Å². The first-order valence-corrected chi connectivity index (χ1v) is 7.66. The molecule has 1 atom stereocenters. The first-order chi connectivity index (χ1) is 8.63. The number of piperidine rings is 1. The summed E-state index contributed by atoms with van der Waals surface area (Å²) in [5, 5.41) is 0.488. The van der Waals surface area contributed by atoms with Crippen LogP contribution in [0.4, 0.5) is 0 Å². The maximum atomic E-state index is 12.5. The van der Waals surface area contributed by atoms with Gasteiger partial charge in [-0.05, 0) is 37.5 Å². The minimum Gasteiger partial charge on any atom is -0.334 e. The lowest BCUT2D eigenvalue weighted by Gasteiger charge is -2.34. The van der Waals surface area contributed by atoms with Crippen molar-refractivity contribution in [3.63, 3.8) is 0 Å². The molecule has 18 heavy (non-hydrogen) atoms. The van der Waals surface area contributed by atoms with Gasteiger partial charge in [0.25, 0.3) is 5.91 Å². The van der Waals surface area contributed by atoms with Crippen LogP contribution in [0.15, 0.2) is 22.7 Å². The summed E-state index contributed by atoms with van der Waals surface area (Å²) in [6.07, 6.45) is 3.14. The third-order valence-electron chi connectivity index (χ3n) is 3.22. The van der Waals surface area contributed by atoms with Crippen molar-refractivity contribution in [2.75, 3.05) is 12.4 Å². The quantitative estimate of drug-likeness (QED) is 0.726. The zero-order valence-electron chi connectivity index (χ0n) is 9.83. The number of hydrogen-bond donors (Lipinski definition) is 0. The van der Waals surface area contributed by atoms with E-state index in [1.165, 1.54) is 0 Å². The predicted molar refractivity (Wildman–Crippen MR) is 78.5 cm³/mol. The van der Waals surface area contributed by atoms with Crippen LogP contribution in [0.1, 0.15) is 29.6 Å². The Labute approximate surface area is 125 Å². The summed E-state index contributed by atoms with van der Waals surface area (Å²) in [5.41, 5.74) is 0.544. The fraction of sp³-hybridized carbons (Fsp3) is 0.462. The number of benzene rings is 1. The lowest BCUT2D eigenvalue weighted by molar-refractivity contribution is 0.0639. The molecule has 0 radical (unpaired) electrons. The van der Waals surface area contributed by atoms with E-state index in [2.05, 4.69) is 15.9 Å². The van der Waals surface area contributed by atoms with Crippen molar-refractivity contribution in [2.45, 2.75) is 25.3 Å². The van der Waals surface area contributed by atoms with Gasteiger partial charge in [-0.3, -0.25) is 4.79 Å². The zero-order chi connectivity index (χ0) is 13.1. The van der Waals surface area contributed by atoms with Crippen LogP contribution < -0.4 is 0 Å². The van der Waals surface area contributed by atoms with Crippen LogP contribution >= 0.6 is 39.1 Å². The second kappa shape index (κ2) is 6.27. The highest BCUT2D eigenvalue weighted by atomic mass is 79.9. The van der Waals surface area contributed by atoms with Crippen LogP contribution in [-0.4, -0.2) is 29.3 Å². The van der Waals surface area contributed by atoms with E-state index in [1.807, 2.05) is 11.0 Å². The highest BCUT2D eigenvalue weighted by Crippen LogP contribution is 2.26. The average Bonchev–Trinajstić information content (AvgIpc) is 2.40. The van der Waals surface area contributed by atoms with Crippen LogP contribution in [0.3, 0.4) is 0 Å². The molecule has 0 saturated carbocycles. The fourth-order valence-corrected chi connectivity index (χ4v) is 3.12. The Kier molecular flexibility index (Phi) is 4.93. The van der Waals surface area contributed by atoms with Crippen LogP contribution in [-0.2, 0) is 0 Å². The maximum Gasteiger partial charge on any atom is 0.255 e. The molecule has 98 valence electrons. The molecule has 1 aromatic rings. The number of halogens is 3. The predicted octanol–water partition coefficient (Wildman–Crippen LogP) is 4.34. The van der Waals surface area contributed by atoms with E-state index >= 15 is 0 Å². The second-order valence-electron chi connectivity index (χ2n) is 4.43. The molecule has 1 heterocycles. The summed E-state index contributed by atoms with van der Waals surface area (Å²) in [4.78, 5) is 14.4. The lowest BCUT2D eigenvalue weighted by atomic mass is 10.0. The number of nitrogens with zero attached hydrogens (tertiary/aromatic N) is 1. The first kappa shape index (κ1) is 14.2. The summed E-state index contributed by atoms with van der Waals surface area (Å²) < 4.78 is 0.856. The van der Waals surface area contributed by atoms with E-state index < -0.39 is 0 Å². The number of rotatable bonds is 2. The van der Waals surface area contributed by atoms with Crippen LogP contribution in [0.25, 0.3) is 0 Å². The molecule has 2 nitrogen and oxygen atoms in total. The maximum absolute atomic E-state index is 12.5. The Balaban J connectivity index is 2.26. The standard InChI is InChI=1S/C13H14BrCl2NO/c14-9-4-5-12(16)11(7-9)13(18)17-6-2-1-3-10(17)8-15/h4-5,7,10H,1-3,6,8H2. The molecular formula is C13H14BrCl2NO. The van der Waals surface area contributed by atoms with E-state index in [4.69, 9.17) is 23.2 Å². The van der Waals surface area contributed by atoms with Gasteiger partial charge < -0.3 is 4.90 Å². The molecule has 1 unspecified atom stereocenters. The minimum atomic E-state index is -0.0216. The molecule has 0 bridgehead atoms. The molecule has 0 aromatic heterocycles. The van der Waals surface area contributed by atoms with Crippen molar-refractivity contribution in [3.05, 3.63) is 33.3 Å². The van der Waals surface area contributed by atoms with Gasteiger partial charge in [-0.15, -0.1) is 11.6 Å². The van der Waals surface area contributed by atoms with E-state index in [-0.39, 0.29) is 11.9 Å². The van der Waals surface area contributed by atoms with Crippen molar-refractivity contribution in [2.24, 2.45) is 0 Å². The van der Waals surface area contributed by atoms with Crippen molar-refractivity contribution in [3.8, 4) is 0 Å². The molecule has 1 aliphatic heterocycles. The van der Waals surface area contributed by atoms with E-state index in [0.29, 0.717) is 16.5 Å². The normalized spacial score (nSPS) is 19.9. The van der Waals surface area contributed by atoms with Gasteiger partial charge in [-0.2, -0.15) is 0 Å². The van der Waals surface area contributed by atoms with Crippen LogP contribution in [0.2, 0.25) is 5.02 Å². The van der Waals surface area contributed by atoms with Gasteiger partial charge in [-0.25, -0.2) is 0 Å². The molecule has 1 aliphatic rings. The van der Waals surface area contributed by atoms with E-state index in [0.717, 1.165) is 30.3 Å². The minimum absolute atomic E-state index is 0.0216. The number of alkyl halides is 1. The van der Waals surface area contributed by atoms with Gasteiger partial charge in [0.1, 0.15) is 0 Å². The molecule has 2 rings (SSSR count). The Morgan fingerprint density at radius 1 is 1.44 bits per heavy atom. The van der Waals surface area contributed by atoms with Gasteiger partial charge in [0.2, 0.25) is 0 Å². The smallest absolute Gasteiger partial charge is 0.255 e. The fourth-order valence-electron chi connectivity index (χ4n) is 2.24. The van der Waals surface area contributed by atoms with Crippen molar-refractivity contribution < 1.29 is 4.79 Å². The van der Waals surface area contributed by atoms with Gasteiger partial charge in [0.05, 0.1) is 10.6 Å². The third kappa shape index (κ3) is 3.01. The van der Waals surface area contributed by atoms with Crippen LogP contribution in [0.5, 0.6) is 0 Å². The highest BCUT2D eigenvalue weighted by molar-refractivity contribution is 9.10. The number of hydrogen-bond acceptors (Lipinski definition) is 1. The summed E-state index contributed by atoms with van der Waals surface area (Å²) in [6.45, 7) is 0.763. The summed E-state index contributed by atoms with van der Waals surface area (Å²) in [5.74, 6) is 0.462. The summed E-state index contributed by atoms with van der Waals surface area (Å²) >= 11 is 15.4. The molecule has 5 heteroatoms. The van der Waals surface area contributed by atoms with Gasteiger partial charge >= 0.3 is 0 Å². The summed E-state index contributed by atoms with van der Waals surface area (Å²) in [6, 6.07) is 5.46. The molecule has 1 aromatic carbocycles. The number of carbonyl (C=O) groups is 1. The monoisotopic (exact) mass is 349 g/mol. The number of amides is 1. The average molecular weight is 351 g/mol. The van der Waals surface area contributed by atoms with Gasteiger partial charge in [0, 0.05) is 22.9 Å². The lowest BCUT2D eigenvalue weighted by Crippen LogP contribution is -2.44. The number of likely N-dealkylation sites (tertiary alicyclic amines) is 1.